The van der Waals surface area contributed by atoms with E-state index in [0.717, 1.165) is 72.8 Å². The van der Waals surface area contributed by atoms with Crippen molar-refractivity contribution in [2.24, 2.45) is 10.8 Å². The third kappa shape index (κ3) is 6.20. The summed E-state index contributed by atoms with van der Waals surface area (Å²) in [6, 6.07) is 24.7. The van der Waals surface area contributed by atoms with Crippen molar-refractivity contribution in [3.63, 3.8) is 0 Å². The molecule has 13 heteroatoms. The Morgan fingerprint density at radius 3 is 0.847 bits per heavy atom. The third-order valence-electron chi connectivity index (χ3n) is 11.4. The molecule has 0 saturated heterocycles. The van der Waals surface area contributed by atoms with Crippen molar-refractivity contribution in [2.45, 2.75) is 73.4 Å². The highest BCUT2D eigenvalue weighted by molar-refractivity contribution is 5.51. The highest BCUT2D eigenvalue weighted by Gasteiger charge is 2.84. The van der Waals surface area contributed by atoms with Gasteiger partial charge in [0.2, 0.25) is 0 Å². The Balaban J connectivity index is 1.95. The van der Waals surface area contributed by atoms with E-state index in [1.807, 2.05) is 0 Å². The Kier molecular flexibility index (Phi) is 11.0. The summed E-state index contributed by atoms with van der Waals surface area (Å²) in [4.78, 5) is 0. The Hall–Kier alpha value is -5.04. The van der Waals surface area contributed by atoms with Crippen molar-refractivity contribution in [1.29, 1.82) is 0 Å². The first kappa shape index (κ1) is 43.5. The Morgan fingerprint density at radius 1 is 0.390 bits per heavy atom. The van der Waals surface area contributed by atoms with Gasteiger partial charge < -0.3 is 4.74 Å². The van der Waals surface area contributed by atoms with Gasteiger partial charge in [-0.1, -0.05) is 170 Å². The van der Waals surface area contributed by atoms with E-state index in [0.29, 0.717) is 12.2 Å². The number of allylic oxidation sites excluding steroid dienone is 6. The van der Waals surface area contributed by atoms with Crippen LogP contribution in [-0.4, -0.2) is 35.5 Å². The molecule has 0 bridgehead atoms. The van der Waals surface area contributed by atoms with Crippen LogP contribution >= 0.6 is 0 Å². The monoisotopic (exact) mass is 834 g/mol. The minimum absolute atomic E-state index is 0.398. The van der Waals surface area contributed by atoms with Gasteiger partial charge >= 0.3 is 35.5 Å². The minimum atomic E-state index is -6.22. The van der Waals surface area contributed by atoms with Crippen molar-refractivity contribution >= 4 is 0 Å². The Labute approximate surface area is 333 Å². The van der Waals surface area contributed by atoms with Gasteiger partial charge in [-0.25, -0.2) is 0 Å². The summed E-state index contributed by atoms with van der Waals surface area (Å²) in [5.41, 5.74) is -16.2. The van der Waals surface area contributed by atoms with Crippen molar-refractivity contribution < 1.29 is 57.4 Å². The second-order valence-electron chi connectivity index (χ2n) is 14.9. The summed E-state index contributed by atoms with van der Waals surface area (Å²) < 4.78 is 204. The van der Waals surface area contributed by atoms with Crippen LogP contribution in [0.4, 0.5) is 52.7 Å². The third-order valence-corrected chi connectivity index (χ3v) is 11.4. The van der Waals surface area contributed by atoms with Crippen LogP contribution in [0.15, 0.2) is 170 Å². The van der Waals surface area contributed by atoms with Gasteiger partial charge in [0.15, 0.2) is 0 Å². The fourth-order valence-electron chi connectivity index (χ4n) is 8.48. The molecule has 2 aliphatic rings. The van der Waals surface area contributed by atoms with Crippen LogP contribution < -0.4 is 0 Å². The minimum Gasteiger partial charge on any atom is -0.347 e. The smallest absolute Gasteiger partial charge is 0.347 e. The molecule has 2 unspecified atom stereocenters. The summed E-state index contributed by atoms with van der Waals surface area (Å²) in [6.07, 6.45) is 4.69. The van der Waals surface area contributed by atoms with Crippen LogP contribution in [0.25, 0.3) is 0 Å². The van der Waals surface area contributed by atoms with Crippen molar-refractivity contribution in [3.05, 3.63) is 192 Å². The van der Waals surface area contributed by atoms with Crippen LogP contribution in [-0.2, 0) is 15.9 Å². The molecule has 59 heavy (non-hydrogen) atoms. The summed E-state index contributed by atoms with van der Waals surface area (Å²) in [5, 5.41) is 0. The molecule has 4 aromatic carbocycles. The van der Waals surface area contributed by atoms with Crippen molar-refractivity contribution in [1.82, 2.24) is 0 Å². The molecule has 312 valence electrons. The van der Waals surface area contributed by atoms with Gasteiger partial charge in [-0.15, -0.1) is 0 Å². The fourth-order valence-corrected chi connectivity index (χ4v) is 8.48. The van der Waals surface area contributed by atoms with Crippen LogP contribution in [0, 0.1) is 10.8 Å². The van der Waals surface area contributed by atoms with E-state index in [9.17, 15) is 0 Å². The second-order valence-corrected chi connectivity index (χ2v) is 14.9. The lowest BCUT2D eigenvalue weighted by Crippen LogP contribution is -2.72. The van der Waals surface area contributed by atoms with Gasteiger partial charge in [0.25, 0.3) is 0 Å². The number of halogens is 12. The maximum atomic E-state index is 17.8. The topological polar surface area (TPSA) is 9.23 Å². The lowest BCUT2D eigenvalue weighted by atomic mass is 9.54. The average Bonchev–Trinajstić information content (AvgIpc) is 3.22. The molecule has 0 spiro atoms. The van der Waals surface area contributed by atoms with Gasteiger partial charge in [0, 0.05) is 13.8 Å². The molecular formula is C46H38F12O. The molecule has 2 atom stereocenters. The molecule has 1 nitrogen and oxygen atoms in total. The number of hydrogen-bond acceptors (Lipinski definition) is 1. The van der Waals surface area contributed by atoms with Gasteiger partial charge in [-0.05, 0) is 35.1 Å². The van der Waals surface area contributed by atoms with E-state index in [-0.39, 0.29) is 0 Å². The van der Waals surface area contributed by atoms with Gasteiger partial charge in [0.05, 0.1) is 10.8 Å². The molecule has 0 radical (unpaired) electrons. The van der Waals surface area contributed by atoms with Crippen LogP contribution in [0.2, 0.25) is 0 Å². The molecule has 0 amide bonds. The standard InChI is InChI=1S/C46H38F12O/c1-37(47,48)43(51,52)45(55,56)39(29-17-7-18-30-39)41(33-21-9-3-10-22-33,34-23-11-4-12-24-34)59-42(35-25-13-5-14-26-35,36-27-15-6-16-28-36)40(31-19-8-20-32-40)46(57,58)44(53,54)38(2,49)50/h3-29,31H,30,32H2,1-2H3. The SMILES string of the molecule is CC(F)(F)C(F)(F)C(F)(F)C1(C(OC(c2ccccc2)(c2ccccc2)C2(C(F)(F)C(F)(F)C(C)(F)F)C=CC=CC2)(c2ccccc2)c2ccccc2)C=CC=CC1. The first-order valence-corrected chi connectivity index (χ1v) is 18.4. The molecule has 0 fully saturated rings. The molecule has 0 saturated carbocycles. The zero-order valence-electron chi connectivity index (χ0n) is 31.5. The molecule has 0 aliphatic heterocycles. The number of rotatable bonds is 14. The highest BCUT2D eigenvalue weighted by Crippen LogP contribution is 2.72. The molecule has 0 heterocycles. The molecule has 6 rings (SSSR count). The van der Waals surface area contributed by atoms with Crippen LogP contribution in [0.1, 0.15) is 48.9 Å². The fraction of sp³-hybridized carbons (Fsp3) is 0.304. The van der Waals surface area contributed by atoms with E-state index in [4.69, 9.17) is 4.74 Å². The lowest BCUT2D eigenvalue weighted by molar-refractivity contribution is -0.381. The Bertz CT molecular complexity index is 1950. The van der Waals surface area contributed by atoms with Gasteiger partial charge in [0.1, 0.15) is 11.2 Å². The maximum absolute atomic E-state index is 17.8. The summed E-state index contributed by atoms with van der Waals surface area (Å²) in [5.74, 6) is -35.1. The number of benzene rings is 4. The quantitative estimate of drug-likeness (QED) is 0.115. The molecule has 0 aromatic heterocycles. The van der Waals surface area contributed by atoms with Crippen molar-refractivity contribution in [3.8, 4) is 0 Å². The molecule has 2 aliphatic carbocycles. The van der Waals surface area contributed by atoms with E-state index < -0.39 is 107 Å². The zero-order chi connectivity index (χ0) is 43.2. The molecular weight excluding hydrogens is 796 g/mol. The first-order chi connectivity index (χ1) is 27.5. The lowest BCUT2D eigenvalue weighted by Gasteiger charge is -2.62. The second kappa shape index (κ2) is 14.9. The van der Waals surface area contributed by atoms with Crippen molar-refractivity contribution in [2.75, 3.05) is 0 Å². The summed E-state index contributed by atoms with van der Waals surface area (Å²) >= 11 is 0. The van der Waals surface area contributed by atoms with Gasteiger partial charge in [-0.3, -0.25) is 0 Å². The first-order valence-electron chi connectivity index (χ1n) is 18.4. The number of alkyl halides is 12. The zero-order valence-corrected chi connectivity index (χ0v) is 31.5. The summed E-state index contributed by atoms with van der Waals surface area (Å²) in [7, 11) is 0. The summed E-state index contributed by atoms with van der Waals surface area (Å²) in [6.45, 7) is -0.797. The van der Waals surface area contributed by atoms with E-state index in [1.165, 1.54) is 84.9 Å². The largest absolute Gasteiger partial charge is 0.372 e. The number of ether oxygens (including phenoxy) is 1. The van der Waals surface area contributed by atoms with E-state index in [1.54, 1.807) is 0 Å². The predicted octanol–water partition coefficient (Wildman–Crippen LogP) is 13.7. The van der Waals surface area contributed by atoms with Gasteiger partial charge in [-0.2, -0.15) is 52.7 Å². The molecule has 4 aromatic rings. The highest BCUT2D eigenvalue weighted by atomic mass is 19.4. The average molecular weight is 835 g/mol. The van der Waals surface area contributed by atoms with E-state index in [2.05, 4.69) is 0 Å². The molecule has 0 N–H and O–H groups in total. The van der Waals surface area contributed by atoms with Crippen LogP contribution in [0.5, 0.6) is 0 Å². The van der Waals surface area contributed by atoms with Crippen LogP contribution in [0.3, 0.4) is 0 Å². The Morgan fingerprint density at radius 2 is 0.644 bits per heavy atom. The van der Waals surface area contributed by atoms with E-state index >= 15 is 52.7 Å². The number of hydrogen-bond donors (Lipinski definition) is 0. The normalized spacial score (nSPS) is 20.8. The maximum Gasteiger partial charge on any atom is 0.372 e. The predicted molar refractivity (Wildman–Crippen MR) is 200 cm³/mol.